The van der Waals surface area contributed by atoms with Crippen LogP contribution in [0.25, 0.3) is 0 Å². The Kier molecular flexibility index (Phi) is 5.54. The fraction of sp³-hybridized carbons (Fsp3) is 0.348. The Labute approximate surface area is 160 Å². The van der Waals surface area contributed by atoms with Crippen LogP contribution in [0.15, 0.2) is 65.2 Å². The van der Waals surface area contributed by atoms with Crippen LogP contribution in [0.3, 0.4) is 0 Å². The monoisotopic (exact) mass is 362 g/mol. The summed E-state index contributed by atoms with van der Waals surface area (Å²) in [7, 11) is 0. The number of benzene rings is 2. The maximum Gasteiger partial charge on any atom is 0.154 e. The smallest absolute Gasteiger partial charge is 0.154 e. The lowest BCUT2D eigenvalue weighted by Gasteiger charge is -2.22. The van der Waals surface area contributed by atoms with Crippen LogP contribution in [0, 0.1) is 0 Å². The molecular formula is C23H26N2O2. The molecule has 2 aromatic carbocycles. The van der Waals surface area contributed by atoms with Crippen molar-refractivity contribution >= 4 is 0 Å². The first-order chi connectivity index (χ1) is 13.3. The van der Waals surface area contributed by atoms with Gasteiger partial charge in [0.1, 0.15) is 12.4 Å². The van der Waals surface area contributed by atoms with Crippen LogP contribution < -0.4 is 4.74 Å². The summed E-state index contributed by atoms with van der Waals surface area (Å²) in [6.07, 6.45) is 3.25. The highest BCUT2D eigenvalue weighted by Gasteiger charge is 2.29. The van der Waals surface area contributed by atoms with E-state index in [-0.39, 0.29) is 0 Å². The Morgan fingerprint density at radius 3 is 2.63 bits per heavy atom. The van der Waals surface area contributed by atoms with Gasteiger partial charge in [-0.2, -0.15) is 0 Å². The minimum absolute atomic E-state index is 0.340. The number of nitrogens with zero attached hydrogens (tertiary/aromatic N) is 2. The van der Waals surface area contributed by atoms with Crippen LogP contribution in [-0.2, 0) is 19.6 Å². The summed E-state index contributed by atoms with van der Waals surface area (Å²) in [4.78, 5) is 2.49. The molecule has 0 spiro atoms. The quantitative estimate of drug-likeness (QED) is 0.582. The van der Waals surface area contributed by atoms with Crippen molar-refractivity contribution in [2.75, 3.05) is 6.54 Å². The molecule has 4 heteroatoms. The molecule has 0 radical (unpaired) electrons. The molecule has 0 unspecified atom stereocenters. The third-order valence-electron chi connectivity index (χ3n) is 5.19. The maximum atomic E-state index is 5.89. The molecule has 3 aromatic rings. The van der Waals surface area contributed by atoms with Gasteiger partial charge < -0.3 is 9.26 Å². The van der Waals surface area contributed by atoms with Crippen LogP contribution >= 0.6 is 0 Å². The fourth-order valence-electron chi connectivity index (χ4n) is 3.66. The number of rotatable bonds is 7. The van der Waals surface area contributed by atoms with E-state index in [1.165, 1.54) is 17.5 Å². The molecule has 0 aliphatic carbocycles. The zero-order valence-electron chi connectivity index (χ0n) is 15.8. The van der Waals surface area contributed by atoms with Crippen LogP contribution in [0.4, 0.5) is 0 Å². The molecule has 0 saturated carbocycles. The molecule has 0 N–H and O–H groups in total. The summed E-state index contributed by atoms with van der Waals surface area (Å²) >= 11 is 0. The second-order valence-corrected chi connectivity index (χ2v) is 7.12. The average molecular weight is 362 g/mol. The molecule has 0 bridgehead atoms. The van der Waals surface area contributed by atoms with Crippen LogP contribution in [0.1, 0.15) is 48.4 Å². The molecule has 2 heterocycles. The Morgan fingerprint density at radius 1 is 1.07 bits per heavy atom. The van der Waals surface area contributed by atoms with E-state index in [2.05, 4.69) is 59.4 Å². The molecule has 1 saturated heterocycles. The maximum absolute atomic E-state index is 5.89. The van der Waals surface area contributed by atoms with Crippen molar-refractivity contribution in [2.45, 2.75) is 45.4 Å². The van der Waals surface area contributed by atoms with Crippen molar-refractivity contribution in [1.82, 2.24) is 10.1 Å². The topological polar surface area (TPSA) is 38.5 Å². The summed E-state index contributed by atoms with van der Waals surface area (Å²) < 4.78 is 11.5. The second-order valence-electron chi connectivity index (χ2n) is 7.12. The van der Waals surface area contributed by atoms with Gasteiger partial charge in [-0.1, -0.05) is 54.5 Å². The number of aromatic nitrogens is 1. The normalized spacial score (nSPS) is 17.3. The Bertz CT molecular complexity index is 842. The van der Waals surface area contributed by atoms with Crippen molar-refractivity contribution in [3.05, 3.63) is 83.2 Å². The number of hydrogen-bond acceptors (Lipinski definition) is 4. The first-order valence-corrected chi connectivity index (χ1v) is 9.77. The Hall–Kier alpha value is -2.59. The van der Waals surface area contributed by atoms with Gasteiger partial charge in [0, 0.05) is 12.6 Å². The molecule has 1 aliphatic heterocycles. The first-order valence-electron chi connectivity index (χ1n) is 9.77. The first kappa shape index (κ1) is 17.8. The highest BCUT2D eigenvalue weighted by molar-refractivity contribution is 5.28. The lowest BCUT2D eigenvalue weighted by Crippen LogP contribution is -2.22. The average Bonchev–Trinajstić information content (AvgIpc) is 3.37. The summed E-state index contributed by atoms with van der Waals surface area (Å²) in [5, 5.41) is 4.16. The van der Waals surface area contributed by atoms with Gasteiger partial charge in [-0.3, -0.25) is 4.90 Å². The zero-order chi connectivity index (χ0) is 18.5. The number of hydrogen-bond donors (Lipinski definition) is 0. The summed E-state index contributed by atoms with van der Waals surface area (Å²) in [5.41, 5.74) is 3.51. The van der Waals surface area contributed by atoms with E-state index < -0.39 is 0 Å². The van der Waals surface area contributed by atoms with Gasteiger partial charge in [0.25, 0.3) is 0 Å². The van der Waals surface area contributed by atoms with Crippen molar-refractivity contribution in [2.24, 2.45) is 0 Å². The summed E-state index contributed by atoms with van der Waals surface area (Å²) in [5.74, 6) is 1.91. The molecule has 1 aliphatic rings. The molecule has 0 amide bonds. The van der Waals surface area contributed by atoms with Crippen LogP contribution in [0.5, 0.6) is 5.75 Å². The standard InChI is InChI=1S/C23H26N2O2/c1-2-20-15-23(27-24-20)22-9-6-14-25(22)16-18-10-12-21(13-11-18)26-17-19-7-4-3-5-8-19/h3-5,7-8,10-13,15,22H,2,6,9,14,16-17H2,1H3/t22-/m1/s1. The summed E-state index contributed by atoms with van der Waals surface area (Å²) in [6, 6.07) is 21.1. The van der Waals surface area contributed by atoms with E-state index >= 15 is 0 Å². The highest BCUT2D eigenvalue weighted by Crippen LogP contribution is 2.33. The van der Waals surface area contributed by atoms with E-state index in [9.17, 15) is 0 Å². The van der Waals surface area contributed by atoms with Crippen molar-refractivity contribution < 1.29 is 9.26 Å². The van der Waals surface area contributed by atoms with Crippen molar-refractivity contribution in [1.29, 1.82) is 0 Å². The minimum atomic E-state index is 0.340. The molecule has 140 valence electrons. The van der Waals surface area contributed by atoms with E-state index in [0.29, 0.717) is 12.6 Å². The largest absolute Gasteiger partial charge is 0.489 e. The van der Waals surface area contributed by atoms with Crippen LogP contribution in [-0.4, -0.2) is 16.6 Å². The van der Waals surface area contributed by atoms with Gasteiger partial charge in [-0.25, -0.2) is 0 Å². The SMILES string of the molecule is CCc1cc([C@H]2CCCN2Cc2ccc(OCc3ccccc3)cc2)on1. The van der Waals surface area contributed by atoms with Gasteiger partial charge in [-0.05, 0) is 49.1 Å². The number of likely N-dealkylation sites (tertiary alicyclic amines) is 1. The third-order valence-corrected chi connectivity index (χ3v) is 5.19. The van der Waals surface area contributed by atoms with Crippen LogP contribution in [0.2, 0.25) is 0 Å². The van der Waals surface area contributed by atoms with Crippen molar-refractivity contribution in [3.8, 4) is 5.75 Å². The summed E-state index contributed by atoms with van der Waals surface area (Å²) in [6.45, 7) is 4.72. The molecule has 4 nitrogen and oxygen atoms in total. The van der Waals surface area contributed by atoms with E-state index in [0.717, 1.165) is 43.1 Å². The lowest BCUT2D eigenvalue weighted by atomic mass is 10.1. The van der Waals surface area contributed by atoms with Gasteiger partial charge >= 0.3 is 0 Å². The number of aryl methyl sites for hydroxylation is 1. The van der Waals surface area contributed by atoms with Gasteiger partial charge in [0.2, 0.25) is 0 Å². The number of ether oxygens (including phenoxy) is 1. The molecule has 1 fully saturated rings. The lowest BCUT2D eigenvalue weighted by molar-refractivity contribution is 0.206. The Morgan fingerprint density at radius 2 is 1.89 bits per heavy atom. The molecule has 27 heavy (non-hydrogen) atoms. The molecule has 1 aromatic heterocycles. The fourth-order valence-corrected chi connectivity index (χ4v) is 3.66. The predicted molar refractivity (Wildman–Crippen MR) is 105 cm³/mol. The van der Waals surface area contributed by atoms with Crippen molar-refractivity contribution in [3.63, 3.8) is 0 Å². The highest BCUT2D eigenvalue weighted by atomic mass is 16.5. The molecule has 1 atom stereocenters. The molecular weight excluding hydrogens is 336 g/mol. The Balaban J connectivity index is 1.36. The van der Waals surface area contributed by atoms with Gasteiger partial charge in [-0.15, -0.1) is 0 Å². The second kappa shape index (κ2) is 8.40. The van der Waals surface area contributed by atoms with Gasteiger partial charge in [0.15, 0.2) is 5.76 Å². The third kappa shape index (κ3) is 4.40. The van der Waals surface area contributed by atoms with E-state index in [1.54, 1.807) is 0 Å². The van der Waals surface area contributed by atoms with E-state index in [1.807, 2.05) is 18.2 Å². The molecule has 4 rings (SSSR count). The van der Waals surface area contributed by atoms with Gasteiger partial charge in [0.05, 0.1) is 11.7 Å². The minimum Gasteiger partial charge on any atom is -0.489 e. The van der Waals surface area contributed by atoms with E-state index in [4.69, 9.17) is 9.26 Å². The zero-order valence-corrected chi connectivity index (χ0v) is 15.8. The predicted octanol–water partition coefficient (Wildman–Crippen LogP) is 5.15.